The first-order valence-electron chi connectivity index (χ1n) is 4.70. The third-order valence-electron chi connectivity index (χ3n) is 2.21. The molecule has 1 aromatic heterocycles. The number of aromatic carboxylic acids is 1. The van der Waals surface area contributed by atoms with Gasteiger partial charge in [-0.25, -0.2) is 4.79 Å². The van der Waals surface area contributed by atoms with Crippen LogP contribution >= 0.6 is 12.4 Å². The Bertz CT molecular complexity index is 575. The molecule has 0 saturated heterocycles. The largest absolute Gasteiger partial charge is 0.478 e. The molecule has 0 fully saturated rings. The summed E-state index contributed by atoms with van der Waals surface area (Å²) in [5, 5.41) is 8.73. The molecule has 0 spiro atoms. The summed E-state index contributed by atoms with van der Waals surface area (Å²) in [5.41, 5.74) is 0.703. The van der Waals surface area contributed by atoms with Crippen molar-refractivity contribution in [2.45, 2.75) is 0 Å². The van der Waals surface area contributed by atoms with E-state index < -0.39 is 5.97 Å². The van der Waals surface area contributed by atoms with Crippen molar-refractivity contribution in [1.29, 1.82) is 0 Å². The Kier molecular flexibility index (Phi) is 4.06. The molecule has 1 heterocycles. The highest BCUT2D eigenvalue weighted by molar-refractivity contribution is 5.87. The van der Waals surface area contributed by atoms with Crippen LogP contribution in [-0.2, 0) is 0 Å². The van der Waals surface area contributed by atoms with Crippen LogP contribution in [-0.4, -0.2) is 15.6 Å². The molecule has 1 aromatic carbocycles. The zero-order chi connectivity index (χ0) is 11.5. The van der Waals surface area contributed by atoms with Crippen molar-refractivity contribution in [3.63, 3.8) is 0 Å². The minimum absolute atomic E-state index is 0. The van der Waals surface area contributed by atoms with Crippen molar-refractivity contribution in [3.8, 4) is 5.69 Å². The molecule has 0 atom stereocenters. The molecule has 88 valence electrons. The number of aromatic nitrogens is 1. The van der Waals surface area contributed by atoms with Crippen molar-refractivity contribution >= 4 is 18.4 Å². The molecule has 0 aliphatic heterocycles. The molecule has 0 unspecified atom stereocenters. The highest BCUT2D eigenvalue weighted by Gasteiger charge is 2.02. The smallest absolute Gasteiger partial charge is 0.335 e. The molecule has 0 amide bonds. The number of hydrogen-bond donors (Lipinski definition) is 1. The van der Waals surface area contributed by atoms with Crippen molar-refractivity contribution in [2.75, 3.05) is 0 Å². The Labute approximate surface area is 104 Å². The molecule has 4 nitrogen and oxygen atoms in total. The molecule has 17 heavy (non-hydrogen) atoms. The van der Waals surface area contributed by atoms with Crippen LogP contribution in [0.15, 0.2) is 53.5 Å². The third-order valence-corrected chi connectivity index (χ3v) is 2.21. The van der Waals surface area contributed by atoms with Crippen LogP contribution in [0.3, 0.4) is 0 Å². The summed E-state index contributed by atoms with van der Waals surface area (Å²) in [6.07, 6.45) is 1.64. The zero-order valence-corrected chi connectivity index (χ0v) is 9.55. The van der Waals surface area contributed by atoms with Gasteiger partial charge in [0.15, 0.2) is 0 Å². The fourth-order valence-electron chi connectivity index (χ4n) is 1.41. The second-order valence-corrected chi connectivity index (χ2v) is 3.26. The Balaban J connectivity index is 0.00000144. The summed E-state index contributed by atoms with van der Waals surface area (Å²) in [4.78, 5) is 22.1. The van der Waals surface area contributed by atoms with E-state index >= 15 is 0 Å². The summed E-state index contributed by atoms with van der Waals surface area (Å²) in [7, 11) is 0. The molecule has 2 rings (SSSR count). The second-order valence-electron chi connectivity index (χ2n) is 3.26. The first-order chi connectivity index (χ1) is 7.68. The second kappa shape index (κ2) is 5.32. The lowest BCUT2D eigenvalue weighted by atomic mass is 10.2. The van der Waals surface area contributed by atoms with Gasteiger partial charge in [-0.1, -0.05) is 6.07 Å². The van der Waals surface area contributed by atoms with Crippen LogP contribution in [0.4, 0.5) is 0 Å². The number of carboxylic acids is 1. The maximum absolute atomic E-state index is 11.5. The Morgan fingerprint density at radius 2 is 1.71 bits per heavy atom. The van der Waals surface area contributed by atoms with Crippen LogP contribution in [0.5, 0.6) is 0 Å². The van der Waals surface area contributed by atoms with E-state index in [1.807, 2.05) is 0 Å². The Morgan fingerprint density at radius 3 is 2.24 bits per heavy atom. The number of carboxylic acid groups (broad SMARTS) is 1. The van der Waals surface area contributed by atoms with E-state index in [1.54, 1.807) is 30.5 Å². The number of rotatable bonds is 2. The predicted molar refractivity (Wildman–Crippen MR) is 66.2 cm³/mol. The van der Waals surface area contributed by atoms with Crippen LogP contribution in [0, 0.1) is 0 Å². The number of benzene rings is 1. The molecule has 5 heteroatoms. The lowest BCUT2D eigenvalue weighted by molar-refractivity contribution is 0.0697. The minimum atomic E-state index is -0.980. The van der Waals surface area contributed by atoms with Crippen LogP contribution in [0.1, 0.15) is 10.4 Å². The number of hydrogen-bond acceptors (Lipinski definition) is 2. The first kappa shape index (κ1) is 13.0. The Morgan fingerprint density at radius 1 is 1.06 bits per heavy atom. The summed E-state index contributed by atoms with van der Waals surface area (Å²) >= 11 is 0. The van der Waals surface area contributed by atoms with Crippen LogP contribution in [0.25, 0.3) is 5.69 Å². The van der Waals surface area contributed by atoms with Crippen molar-refractivity contribution in [2.24, 2.45) is 0 Å². The SMILES string of the molecule is Cl.O=C(O)c1ccc(-n2ccccc2=O)cc1. The minimum Gasteiger partial charge on any atom is -0.478 e. The molecule has 0 aliphatic rings. The maximum atomic E-state index is 11.5. The summed E-state index contributed by atoms with van der Waals surface area (Å²) in [6, 6.07) is 11.0. The zero-order valence-electron chi connectivity index (χ0n) is 8.74. The van der Waals surface area contributed by atoms with E-state index in [2.05, 4.69) is 0 Å². The molecular weight excluding hydrogens is 242 g/mol. The van der Waals surface area contributed by atoms with Gasteiger partial charge in [-0.3, -0.25) is 9.36 Å². The maximum Gasteiger partial charge on any atom is 0.335 e. The molecule has 2 aromatic rings. The number of pyridine rings is 1. The summed E-state index contributed by atoms with van der Waals surface area (Å²) < 4.78 is 1.45. The van der Waals surface area contributed by atoms with E-state index in [0.29, 0.717) is 5.69 Å². The highest BCUT2D eigenvalue weighted by Crippen LogP contribution is 2.07. The molecule has 0 aliphatic carbocycles. The fraction of sp³-hybridized carbons (Fsp3) is 0. The lowest BCUT2D eigenvalue weighted by Crippen LogP contribution is -2.15. The molecule has 0 saturated carbocycles. The monoisotopic (exact) mass is 251 g/mol. The molecule has 0 radical (unpaired) electrons. The van der Waals surface area contributed by atoms with E-state index in [4.69, 9.17) is 5.11 Å². The van der Waals surface area contributed by atoms with Gasteiger partial charge in [0.25, 0.3) is 5.56 Å². The van der Waals surface area contributed by atoms with Crippen molar-refractivity contribution in [3.05, 3.63) is 64.6 Å². The third kappa shape index (κ3) is 2.73. The average molecular weight is 252 g/mol. The quantitative estimate of drug-likeness (QED) is 0.888. The fourth-order valence-corrected chi connectivity index (χ4v) is 1.41. The number of halogens is 1. The Hall–Kier alpha value is -2.07. The van der Waals surface area contributed by atoms with Crippen molar-refractivity contribution in [1.82, 2.24) is 4.57 Å². The van der Waals surface area contributed by atoms with Gasteiger partial charge in [-0.2, -0.15) is 0 Å². The van der Waals surface area contributed by atoms with Gasteiger partial charge in [0, 0.05) is 18.0 Å². The molecule has 0 bridgehead atoms. The van der Waals surface area contributed by atoms with Gasteiger partial charge in [0.2, 0.25) is 0 Å². The lowest BCUT2D eigenvalue weighted by Gasteiger charge is -2.04. The highest BCUT2D eigenvalue weighted by atomic mass is 35.5. The van der Waals surface area contributed by atoms with E-state index in [9.17, 15) is 9.59 Å². The number of nitrogens with zero attached hydrogens (tertiary/aromatic N) is 1. The van der Waals surface area contributed by atoms with Gasteiger partial charge in [-0.15, -0.1) is 12.4 Å². The van der Waals surface area contributed by atoms with E-state index in [0.717, 1.165) is 0 Å². The standard InChI is InChI=1S/C12H9NO3.ClH/c14-11-3-1-2-8-13(11)10-6-4-9(5-7-10)12(15)16;/h1-8H,(H,15,16);1H. The topological polar surface area (TPSA) is 59.3 Å². The first-order valence-corrected chi connectivity index (χ1v) is 4.70. The van der Waals surface area contributed by atoms with E-state index in [-0.39, 0.29) is 23.5 Å². The summed E-state index contributed by atoms with van der Waals surface area (Å²) in [6.45, 7) is 0. The van der Waals surface area contributed by atoms with E-state index in [1.165, 1.54) is 22.8 Å². The van der Waals surface area contributed by atoms with Gasteiger partial charge in [0.05, 0.1) is 5.56 Å². The van der Waals surface area contributed by atoms with Crippen molar-refractivity contribution < 1.29 is 9.90 Å². The van der Waals surface area contributed by atoms with Gasteiger partial charge >= 0.3 is 5.97 Å². The average Bonchev–Trinajstić information content (AvgIpc) is 2.30. The van der Waals surface area contributed by atoms with Gasteiger partial charge < -0.3 is 5.11 Å². The summed E-state index contributed by atoms with van der Waals surface area (Å²) in [5.74, 6) is -0.980. The van der Waals surface area contributed by atoms with Gasteiger partial charge in [-0.05, 0) is 30.3 Å². The predicted octanol–water partition coefficient (Wildman–Crippen LogP) is 1.96. The van der Waals surface area contributed by atoms with Crippen LogP contribution in [0.2, 0.25) is 0 Å². The molecule has 1 N–H and O–H groups in total. The van der Waals surface area contributed by atoms with Crippen LogP contribution < -0.4 is 5.56 Å². The molecular formula is C12H10ClNO3. The number of carbonyl (C=O) groups is 1. The normalized spacial score (nSPS) is 9.41. The van der Waals surface area contributed by atoms with Gasteiger partial charge in [0.1, 0.15) is 0 Å².